The summed E-state index contributed by atoms with van der Waals surface area (Å²) in [7, 11) is 5.38. The van der Waals surface area contributed by atoms with E-state index in [4.69, 9.17) is 35.3 Å². The lowest BCUT2D eigenvalue weighted by molar-refractivity contribution is -0.294. The first-order chi connectivity index (χ1) is 23.9. The number of rotatable bonds is 8. The maximum atomic E-state index is 14.5. The van der Waals surface area contributed by atoms with Gasteiger partial charge in [0.1, 0.15) is 24.0 Å². The van der Waals surface area contributed by atoms with Gasteiger partial charge in [-0.3, -0.25) is 4.79 Å². The summed E-state index contributed by atoms with van der Waals surface area (Å²) in [5.74, 6) is -2.49. The standard InChI is InChI=1S/C38H58ClN3O9/c1-12-29-38(8)32(42(36(46)51-38)40-20-26-13-15-27(39)16-14-26)25(6)30(43)23(4)19-37(7,47-11)33(21(2)17-22(3)34(45)49-29)50-35-31(44)28(41(9)10)18-24(5)48-35/h13-17,21,23-25,28-29,31-33,35,40,44H,12,18-20H2,1-11H3/b22-17+/t21-,23+,24+,25-,28-,29+,31+,32+,33+,35-,37+,38+/m0/s1. The van der Waals surface area contributed by atoms with Crippen LogP contribution >= 0.6 is 11.6 Å². The molecular weight excluding hydrogens is 678 g/mol. The third-order valence-electron chi connectivity index (χ3n) is 11.1. The second-order valence-corrected chi connectivity index (χ2v) is 15.7. The summed E-state index contributed by atoms with van der Waals surface area (Å²) in [6.07, 6.45) is -1.48. The van der Waals surface area contributed by atoms with E-state index >= 15 is 0 Å². The quantitative estimate of drug-likeness (QED) is 0.337. The maximum absolute atomic E-state index is 14.5. The van der Waals surface area contributed by atoms with Crippen LogP contribution in [-0.4, -0.2) is 108 Å². The van der Waals surface area contributed by atoms with Crippen molar-refractivity contribution in [2.24, 2.45) is 17.8 Å². The molecule has 0 spiro atoms. The zero-order valence-corrected chi connectivity index (χ0v) is 32.7. The molecule has 286 valence electrons. The number of Topliss-reactive ketones (excluding diaryl/α,β-unsaturated/α-hetero) is 1. The van der Waals surface area contributed by atoms with Crippen molar-refractivity contribution in [1.82, 2.24) is 15.3 Å². The lowest BCUT2D eigenvalue weighted by Crippen LogP contribution is -2.60. The highest BCUT2D eigenvalue weighted by Gasteiger charge is 2.60. The number of aliphatic hydroxyl groups excluding tert-OH is 1. The molecule has 2 fully saturated rings. The van der Waals surface area contributed by atoms with Crippen molar-refractivity contribution in [1.29, 1.82) is 0 Å². The molecule has 0 aromatic heterocycles. The van der Waals surface area contributed by atoms with Crippen molar-refractivity contribution in [2.75, 3.05) is 21.2 Å². The number of halogens is 1. The second kappa shape index (κ2) is 16.6. The molecule has 0 aliphatic carbocycles. The predicted molar refractivity (Wildman–Crippen MR) is 193 cm³/mol. The Morgan fingerprint density at radius 2 is 1.75 bits per heavy atom. The minimum absolute atomic E-state index is 0.127. The van der Waals surface area contributed by atoms with Gasteiger partial charge in [0.15, 0.2) is 11.9 Å². The molecule has 12 nitrogen and oxygen atoms in total. The Balaban J connectivity index is 1.76. The zero-order chi connectivity index (χ0) is 38.0. The molecule has 1 amide bonds. The van der Waals surface area contributed by atoms with Gasteiger partial charge in [0.25, 0.3) is 0 Å². The molecule has 12 atom stereocenters. The fourth-order valence-electron chi connectivity index (χ4n) is 8.21. The van der Waals surface area contributed by atoms with Gasteiger partial charge in [-0.2, -0.15) is 0 Å². The lowest BCUT2D eigenvalue weighted by atomic mass is 9.74. The molecule has 4 rings (SSSR count). The third-order valence-corrected chi connectivity index (χ3v) is 11.3. The summed E-state index contributed by atoms with van der Waals surface area (Å²) in [6, 6.07) is 6.16. The summed E-state index contributed by atoms with van der Waals surface area (Å²) in [5, 5.41) is 13.3. The number of carbonyl (C=O) groups is 3. The highest BCUT2D eigenvalue weighted by Crippen LogP contribution is 2.42. The van der Waals surface area contributed by atoms with E-state index in [2.05, 4.69) is 5.43 Å². The molecule has 3 aliphatic heterocycles. The van der Waals surface area contributed by atoms with Gasteiger partial charge in [-0.05, 0) is 78.7 Å². The SMILES string of the molecule is CC[C@H]1OC(=O)/C(C)=C/[C@H](C)[C@@H](O[C@@H]2O[C@H](C)C[C@H](N(C)C)[C@H]2O)[C@](C)(OC)C[C@@H](C)C(=O)[C@H](C)[C@H]2N(NCc3ccc(Cl)cc3)C(=O)O[C@]12C. The van der Waals surface area contributed by atoms with Crippen molar-refractivity contribution in [3.05, 3.63) is 46.5 Å². The van der Waals surface area contributed by atoms with E-state index in [-0.39, 0.29) is 30.9 Å². The monoisotopic (exact) mass is 735 g/mol. The number of fused-ring (bicyclic) bond motifs is 1. The summed E-state index contributed by atoms with van der Waals surface area (Å²) in [4.78, 5) is 43.9. The molecule has 51 heavy (non-hydrogen) atoms. The minimum Gasteiger partial charge on any atom is -0.455 e. The van der Waals surface area contributed by atoms with Crippen LogP contribution in [0.4, 0.5) is 4.79 Å². The fraction of sp³-hybridized carbons (Fsp3) is 0.711. The van der Waals surface area contributed by atoms with E-state index in [1.54, 1.807) is 46.1 Å². The Morgan fingerprint density at radius 1 is 1.10 bits per heavy atom. The molecule has 2 saturated heterocycles. The summed E-state index contributed by atoms with van der Waals surface area (Å²) >= 11 is 6.09. The molecule has 2 N–H and O–H groups in total. The molecule has 1 aromatic carbocycles. The van der Waals surface area contributed by atoms with E-state index in [9.17, 15) is 19.5 Å². The van der Waals surface area contributed by atoms with Crippen LogP contribution in [-0.2, 0) is 39.8 Å². The van der Waals surface area contributed by atoms with Crippen molar-refractivity contribution in [3.8, 4) is 0 Å². The van der Waals surface area contributed by atoms with Crippen LogP contribution in [0.2, 0.25) is 5.02 Å². The number of likely N-dealkylation sites (N-methyl/N-ethyl adjacent to an activating group) is 1. The number of cyclic esters (lactones) is 1. The van der Waals surface area contributed by atoms with Crippen LogP contribution < -0.4 is 5.43 Å². The summed E-state index contributed by atoms with van der Waals surface area (Å²) in [6.45, 7) is 14.8. The van der Waals surface area contributed by atoms with Crippen molar-refractivity contribution in [2.45, 2.75) is 135 Å². The first-order valence-corrected chi connectivity index (χ1v) is 18.4. The number of carbonyl (C=O) groups excluding carboxylic acids is 3. The maximum Gasteiger partial charge on any atom is 0.425 e. The zero-order valence-electron chi connectivity index (χ0n) is 32.0. The molecule has 13 heteroatoms. The van der Waals surface area contributed by atoms with Gasteiger partial charge in [0.2, 0.25) is 0 Å². The van der Waals surface area contributed by atoms with E-state index in [0.717, 1.165) is 5.56 Å². The number of nitrogens with zero attached hydrogens (tertiary/aromatic N) is 2. The van der Waals surface area contributed by atoms with E-state index in [1.807, 2.05) is 65.7 Å². The number of ketones is 1. The number of hydrazine groups is 1. The van der Waals surface area contributed by atoms with Crippen LogP contribution in [0.15, 0.2) is 35.9 Å². The van der Waals surface area contributed by atoms with Gasteiger partial charge >= 0.3 is 12.1 Å². The first kappa shape index (κ1) is 41.2. The molecular formula is C38H58ClN3O9. The Hall–Kier alpha value is -2.58. The smallest absolute Gasteiger partial charge is 0.425 e. The molecule has 0 radical (unpaired) electrons. The Kier molecular flexibility index (Phi) is 13.4. The molecule has 1 aromatic rings. The van der Waals surface area contributed by atoms with Crippen LogP contribution in [0.5, 0.6) is 0 Å². The number of amides is 1. The molecule has 3 aliphatic rings. The minimum atomic E-state index is -1.37. The number of ether oxygens (including phenoxy) is 5. The summed E-state index contributed by atoms with van der Waals surface area (Å²) < 4.78 is 31.3. The average molecular weight is 736 g/mol. The van der Waals surface area contributed by atoms with Crippen molar-refractivity contribution in [3.63, 3.8) is 0 Å². The number of methoxy groups -OCH3 is 1. The number of benzene rings is 1. The highest BCUT2D eigenvalue weighted by atomic mass is 35.5. The fourth-order valence-corrected chi connectivity index (χ4v) is 8.34. The average Bonchev–Trinajstić information content (AvgIpc) is 3.34. The lowest BCUT2D eigenvalue weighted by Gasteiger charge is -2.46. The van der Waals surface area contributed by atoms with Gasteiger partial charge in [0.05, 0.1) is 17.8 Å². The largest absolute Gasteiger partial charge is 0.455 e. The number of esters is 1. The van der Waals surface area contributed by atoms with E-state index in [0.29, 0.717) is 23.4 Å². The topological polar surface area (TPSA) is 136 Å². The van der Waals surface area contributed by atoms with Gasteiger partial charge < -0.3 is 33.7 Å². The Labute approximate surface area is 308 Å². The number of hydrogen-bond donors (Lipinski definition) is 2. The van der Waals surface area contributed by atoms with Crippen LogP contribution in [0.3, 0.4) is 0 Å². The molecule has 0 bridgehead atoms. The second-order valence-electron chi connectivity index (χ2n) is 15.3. The van der Waals surface area contributed by atoms with E-state index < -0.39 is 71.7 Å². The molecule has 0 saturated carbocycles. The molecule has 0 unspecified atom stereocenters. The van der Waals surface area contributed by atoms with E-state index in [1.165, 1.54) is 5.01 Å². The van der Waals surface area contributed by atoms with Crippen LogP contribution in [0, 0.1) is 17.8 Å². The highest BCUT2D eigenvalue weighted by molar-refractivity contribution is 6.30. The van der Waals surface area contributed by atoms with Gasteiger partial charge in [-0.15, -0.1) is 0 Å². The van der Waals surface area contributed by atoms with Gasteiger partial charge in [-0.1, -0.05) is 57.5 Å². The van der Waals surface area contributed by atoms with Crippen molar-refractivity contribution < 1.29 is 43.2 Å². The Morgan fingerprint density at radius 3 is 2.33 bits per heavy atom. The van der Waals surface area contributed by atoms with Crippen LogP contribution in [0.1, 0.15) is 80.2 Å². The van der Waals surface area contributed by atoms with Crippen LogP contribution in [0.25, 0.3) is 0 Å². The predicted octanol–water partition coefficient (Wildman–Crippen LogP) is 5.29. The van der Waals surface area contributed by atoms with Crippen molar-refractivity contribution >= 4 is 29.4 Å². The first-order valence-electron chi connectivity index (χ1n) is 18.0. The summed E-state index contributed by atoms with van der Waals surface area (Å²) in [5.41, 5.74) is 1.92. The number of nitrogens with one attached hydrogen (secondary N) is 1. The molecule has 3 heterocycles. The van der Waals surface area contributed by atoms with Gasteiger partial charge in [0, 0.05) is 48.0 Å². The third kappa shape index (κ3) is 8.80. The Bertz CT molecular complexity index is 1430. The normalized spacial score (nSPS) is 39.5. The number of hydrogen-bond acceptors (Lipinski definition) is 11. The van der Waals surface area contributed by atoms with Gasteiger partial charge in [-0.25, -0.2) is 20.0 Å². The number of aliphatic hydroxyl groups is 1.